The van der Waals surface area contributed by atoms with Gasteiger partial charge in [-0.25, -0.2) is 8.98 Å². The van der Waals surface area contributed by atoms with Crippen molar-refractivity contribution in [3.05, 3.63) is 0 Å². The topological polar surface area (TPSA) is 89.9 Å². The SMILES string of the molecule is CCCCCCCCCCCCCCCCCCOC(=O)C(CCCC)OS(=O)(=O)O. The Balaban J connectivity index is 3.50. The van der Waals surface area contributed by atoms with Crippen LogP contribution in [0.2, 0.25) is 0 Å². The molecule has 186 valence electrons. The van der Waals surface area contributed by atoms with Crippen LogP contribution < -0.4 is 0 Å². The number of hydrogen-bond donors (Lipinski definition) is 1. The van der Waals surface area contributed by atoms with E-state index < -0.39 is 22.5 Å². The highest BCUT2D eigenvalue weighted by molar-refractivity contribution is 7.80. The number of carbonyl (C=O) groups excluding carboxylic acids is 1. The van der Waals surface area contributed by atoms with Crippen molar-refractivity contribution in [2.45, 2.75) is 142 Å². The highest BCUT2D eigenvalue weighted by Crippen LogP contribution is 2.14. The molecule has 7 heteroatoms. The fraction of sp³-hybridized carbons (Fsp3) is 0.958. The molecule has 0 aromatic rings. The van der Waals surface area contributed by atoms with E-state index >= 15 is 0 Å². The number of ether oxygens (including phenoxy) is 1. The Bertz CT molecular complexity index is 506. The monoisotopic (exact) mass is 464 g/mol. The number of esters is 1. The third kappa shape index (κ3) is 22.3. The van der Waals surface area contributed by atoms with Crippen LogP contribution >= 0.6 is 0 Å². The Morgan fingerprint density at radius 3 is 1.45 bits per heavy atom. The van der Waals surface area contributed by atoms with E-state index in [1.54, 1.807) is 0 Å². The van der Waals surface area contributed by atoms with E-state index in [4.69, 9.17) is 9.29 Å². The maximum Gasteiger partial charge on any atom is 0.398 e. The normalized spacial score (nSPS) is 12.7. The number of unbranched alkanes of at least 4 members (excludes halogenated alkanes) is 16. The fourth-order valence-electron chi connectivity index (χ4n) is 3.66. The van der Waals surface area contributed by atoms with E-state index in [2.05, 4.69) is 11.1 Å². The summed E-state index contributed by atoms with van der Waals surface area (Å²) >= 11 is 0. The van der Waals surface area contributed by atoms with Crippen molar-refractivity contribution in [2.75, 3.05) is 6.61 Å². The third-order valence-corrected chi connectivity index (χ3v) is 6.04. The lowest BCUT2D eigenvalue weighted by molar-refractivity contribution is -0.152. The summed E-state index contributed by atoms with van der Waals surface area (Å²) in [5, 5.41) is 0. The molecule has 0 rings (SSSR count). The van der Waals surface area contributed by atoms with Gasteiger partial charge < -0.3 is 4.74 Å². The number of carbonyl (C=O) groups is 1. The molecule has 1 atom stereocenters. The van der Waals surface area contributed by atoms with Gasteiger partial charge in [0.25, 0.3) is 0 Å². The van der Waals surface area contributed by atoms with Gasteiger partial charge in [0.15, 0.2) is 6.10 Å². The maximum atomic E-state index is 12.0. The van der Waals surface area contributed by atoms with Crippen LogP contribution in [0.15, 0.2) is 0 Å². The largest absolute Gasteiger partial charge is 0.464 e. The quantitative estimate of drug-likeness (QED) is 0.0979. The van der Waals surface area contributed by atoms with Gasteiger partial charge in [-0.15, -0.1) is 0 Å². The number of hydrogen-bond acceptors (Lipinski definition) is 5. The Hall–Kier alpha value is -0.660. The molecule has 0 spiro atoms. The lowest BCUT2D eigenvalue weighted by Gasteiger charge is -2.14. The van der Waals surface area contributed by atoms with E-state index in [9.17, 15) is 13.2 Å². The first-order valence-corrected chi connectivity index (χ1v) is 14.1. The van der Waals surface area contributed by atoms with Crippen LogP contribution in [0.5, 0.6) is 0 Å². The first-order valence-electron chi connectivity index (χ1n) is 12.7. The van der Waals surface area contributed by atoms with E-state index in [1.807, 2.05) is 6.92 Å². The highest BCUT2D eigenvalue weighted by atomic mass is 32.3. The standard InChI is InChI=1S/C24H48O6S/c1-3-5-7-8-9-10-11-12-13-14-15-16-17-18-19-20-22-29-24(25)23(21-6-4-2)30-31(26,27)28/h23H,3-22H2,1-2H3,(H,26,27,28). The Morgan fingerprint density at radius 2 is 1.06 bits per heavy atom. The van der Waals surface area contributed by atoms with Crippen molar-refractivity contribution in [3.8, 4) is 0 Å². The summed E-state index contributed by atoms with van der Waals surface area (Å²) in [7, 11) is -4.66. The van der Waals surface area contributed by atoms with Crippen molar-refractivity contribution < 1.29 is 26.7 Å². The smallest absolute Gasteiger partial charge is 0.398 e. The van der Waals surface area contributed by atoms with E-state index in [0.29, 0.717) is 6.42 Å². The molecule has 0 aromatic heterocycles. The number of rotatable bonds is 23. The van der Waals surface area contributed by atoms with Crippen LogP contribution in [-0.4, -0.2) is 31.7 Å². The molecule has 1 unspecified atom stereocenters. The van der Waals surface area contributed by atoms with Gasteiger partial charge in [0.2, 0.25) is 0 Å². The van der Waals surface area contributed by atoms with Crippen molar-refractivity contribution in [1.29, 1.82) is 0 Å². The molecular formula is C24H48O6S. The van der Waals surface area contributed by atoms with Crippen LogP contribution in [0.1, 0.15) is 136 Å². The fourth-order valence-corrected chi connectivity index (χ4v) is 4.13. The molecule has 0 saturated heterocycles. The zero-order chi connectivity index (χ0) is 23.2. The van der Waals surface area contributed by atoms with Crippen molar-refractivity contribution >= 4 is 16.4 Å². The molecule has 6 nitrogen and oxygen atoms in total. The van der Waals surface area contributed by atoms with Gasteiger partial charge in [-0.05, 0) is 12.8 Å². The van der Waals surface area contributed by atoms with Crippen LogP contribution in [-0.2, 0) is 24.1 Å². The minimum Gasteiger partial charge on any atom is -0.464 e. The van der Waals surface area contributed by atoms with E-state index in [-0.39, 0.29) is 13.0 Å². The van der Waals surface area contributed by atoms with E-state index in [1.165, 1.54) is 83.5 Å². The van der Waals surface area contributed by atoms with Crippen LogP contribution in [0.4, 0.5) is 0 Å². The Morgan fingerprint density at radius 1 is 0.677 bits per heavy atom. The molecule has 0 saturated carbocycles. The third-order valence-electron chi connectivity index (χ3n) is 5.56. The van der Waals surface area contributed by atoms with Crippen LogP contribution in [0, 0.1) is 0 Å². The summed E-state index contributed by atoms with van der Waals surface area (Å²) in [5.41, 5.74) is 0. The van der Waals surface area contributed by atoms with Gasteiger partial charge in [0.05, 0.1) is 6.61 Å². The summed E-state index contributed by atoms with van der Waals surface area (Å²) in [4.78, 5) is 12.0. The second-order valence-corrected chi connectivity index (χ2v) is 9.67. The van der Waals surface area contributed by atoms with Crippen LogP contribution in [0.3, 0.4) is 0 Å². The van der Waals surface area contributed by atoms with Gasteiger partial charge in [0, 0.05) is 0 Å². The molecule has 0 heterocycles. The van der Waals surface area contributed by atoms with Gasteiger partial charge in [-0.3, -0.25) is 4.55 Å². The van der Waals surface area contributed by atoms with Gasteiger partial charge in [-0.1, -0.05) is 123 Å². The average Bonchev–Trinajstić information content (AvgIpc) is 2.72. The van der Waals surface area contributed by atoms with Gasteiger partial charge in [-0.2, -0.15) is 8.42 Å². The summed E-state index contributed by atoms with van der Waals surface area (Å²) in [5.74, 6) is -0.716. The summed E-state index contributed by atoms with van der Waals surface area (Å²) in [6.07, 6.45) is 20.8. The molecular weight excluding hydrogens is 416 g/mol. The Kier molecular flexibility index (Phi) is 20.7. The lowest BCUT2D eigenvalue weighted by Crippen LogP contribution is -2.29. The minimum absolute atomic E-state index is 0.216. The molecule has 0 aliphatic heterocycles. The predicted octanol–water partition coefficient (Wildman–Crippen LogP) is 7.17. The van der Waals surface area contributed by atoms with Crippen LogP contribution in [0.25, 0.3) is 0 Å². The first kappa shape index (κ1) is 30.3. The molecule has 31 heavy (non-hydrogen) atoms. The molecule has 0 aliphatic carbocycles. The van der Waals surface area contributed by atoms with Gasteiger partial charge >= 0.3 is 16.4 Å². The summed E-state index contributed by atoms with van der Waals surface area (Å²) in [6, 6.07) is 0. The predicted molar refractivity (Wildman–Crippen MR) is 126 cm³/mol. The molecule has 0 amide bonds. The molecule has 0 aliphatic rings. The zero-order valence-corrected chi connectivity index (χ0v) is 20.9. The average molecular weight is 465 g/mol. The molecule has 0 radical (unpaired) electrons. The first-order chi connectivity index (χ1) is 14.9. The lowest BCUT2D eigenvalue weighted by atomic mass is 10.0. The van der Waals surface area contributed by atoms with Crippen molar-refractivity contribution in [3.63, 3.8) is 0 Å². The molecule has 0 fully saturated rings. The second-order valence-electron chi connectivity index (χ2n) is 8.63. The van der Waals surface area contributed by atoms with E-state index in [0.717, 1.165) is 25.7 Å². The van der Waals surface area contributed by atoms with Crippen molar-refractivity contribution in [2.24, 2.45) is 0 Å². The van der Waals surface area contributed by atoms with Crippen molar-refractivity contribution in [1.82, 2.24) is 0 Å². The van der Waals surface area contributed by atoms with Gasteiger partial charge in [0.1, 0.15) is 0 Å². The summed E-state index contributed by atoms with van der Waals surface area (Å²) < 4.78 is 40.1. The molecule has 1 N–H and O–H groups in total. The summed E-state index contributed by atoms with van der Waals surface area (Å²) in [6.45, 7) is 4.44. The minimum atomic E-state index is -4.66. The molecule has 0 aromatic carbocycles. The highest BCUT2D eigenvalue weighted by Gasteiger charge is 2.25. The Labute approximate surface area is 191 Å². The zero-order valence-electron chi connectivity index (χ0n) is 20.1. The second kappa shape index (κ2) is 21.2. The molecule has 0 bridgehead atoms. The maximum absolute atomic E-state index is 12.0.